The Bertz CT molecular complexity index is 983. The monoisotopic (exact) mass is 566 g/mol. The molecule has 1 aromatic heterocycles. The second-order valence-corrected chi connectivity index (χ2v) is 9.58. The zero-order valence-electron chi connectivity index (χ0n) is 20.0. The van der Waals surface area contributed by atoms with E-state index in [0.29, 0.717) is 30.6 Å². The van der Waals surface area contributed by atoms with Crippen molar-refractivity contribution in [1.82, 2.24) is 20.4 Å². The van der Waals surface area contributed by atoms with Crippen molar-refractivity contribution in [2.75, 3.05) is 31.1 Å². The third-order valence-corrected chi connectivity index (χ3v) is 6.06. The van der Waals surface area contributed by atoms with E-state index in [-0.39, 0.29) is 35.3 Å². The van der Waals surface area contributed by atoms with Crippen molar-refractivity contribution in [2.24, 2.45) is 4.99 Å². The van der Waals surface area contributed by atoms with Gasteiger partial charge in [-0.15, -0.1) is 24.0 Å². The first-order valence-corrected chi connectivity index (χ1v) is 11.6. The predicted molar refractivity (Wildman–Crippen MR) is 140 cm³/mol. The maximum atomic E-state index is 12.0. The minimum absolute atomic E-state index is 0. The topological polar surface area (TPSA) is 86.9 Å². The number of anilines is 1. The molecule has 1 fully saturated rings. The number of aliphatic imine (C=N–C) groups is 1. The van der Waals surface area contributed by atoms with E-state index in [4.69, 9.17) is 9.52 Å². The SMILES string of the molecule is CCNC(=NCc1noc(C(C)(C)C)n1)N1CC(CCN2CCCC2=O)c2ccccc21.I. The molecular weight excluding hydrogens is 531 g/mol. The quantitative estimate of drug-likeness (QED) is 0.323. The van der Waals surface area contributed by atoms with Crippen LogP contribution in [-0.2, 0) is 16.8 Å². The molecule has 3 heterocycles. The molecule has 2 aromatic rings. The number of amides is 1. The van der Waals surface area contributed by atoms with Crippen LogP contribution in [0.5, 0.6) is 0 Å². The normalized spacial score (nSPS) is 18.5. The van der Waals surface area contributed by atoms with Crippen LogP contribution >= 0.6 is 24.0 Å². The van der Waals surface area contributed by atoms with Crippen molar-refractivity contribution in [3.63, 3.8) is 0 Å². The fourth-order valence-corrected chi connectivity index (χ4v) is 4.36. The molecule has 0 saturated carbocycles. The van der Waals surface area contributed by atoms with Crippen molar-refractivity contribution in [2.45, 2.75) is 64.8 Å². The van der Waals surface area contributed by atoms with Gasteiger partial charge in [0.1, 0.15) is 6.54 Å². The number of hydrogen-bond donors (Lipinski definition) is 1. The van der Waals surface area contributed by atoms with Gasteiger partial charge in [-0.3, -0.25) is 4.79 Å². The van der Waals surface area contributed by atoms with Gasteiger partial charge in [-0.2, -0.15) is 4.98 Å². The van der Waals surface area contributed by atoms with E-state index in [1.54, 1.807) is 0 Å². The van der Waals surface area contributed by atoms with Gasteiger partial charge in [0.2, 0.25) is 11.8 Å². The van der Waals surface area contributed by atoms with Gasteiger partial charge < -0.3 is 19.6 Å². The number of hydrogen-bond acceptors (Lipinski definition) is 5. The number of rotatable bonds is 6. The molecule has 2 aliphatic rings. The van der Waals surface area contributed by atoms with Gasteiger partial charge in [0.05, 0.1) is 0 Å². The summed E-state index contributed by atoms with van der Waals surface area (Å²) in [5.74, 6) is 2.68. The lowest BCUT2D eigenvalue weighted by atomic mass is 9.97. The molecule has 1 aromatic carbocycles. The second kappa shape index (κ2) is 10.8. The molecule has 0 bridgehead atoms. The summed E-state index contributed by atoms with van der Waals surface area (Å²) in [4.78, 5) is 25.6. The van der Waals surface area contributed by atoms with Crippen LogP contribution in [0, 0.1) is 0 Å². The van der Waals surface area contributed by atoms with Gasteiger partial charge in [0.15, 0.2) is 11.8 Å². The lowest BCUT2D eigenvalue weighted by Crippen LogP contribution is -2.41. The number of nitrogens with zero attached hydrogens (tertiary/aromatic N) is 5. The van der Waals surface area contributed by atoms with E-state index >= 15 is 0 Å². The first kappa shape index (κ1) is 25.5. The Morgan fingerprint density at radius 1 is 1.30 bits per heavy atom. The zero-order valence-corrected chi connectivity index (χ0v) is 22.3. The highest BCUT2D eigenvalue weighted by atomic mass is 127. The molecule has 2 aliphatic heterocycles. The average Bonchev–Trinajstić information content (AvgIpc) is 3.48. The molecule has 8 nitrogen and oxygen atoms in total. The van der Waals surface area contributed by atoms with E-state index in [2.05, 4.69) is 72.3 Å². The summed E-state index contributed by atoms with van der Waals surface area (Å²) >= 11 is 0. The summed E-state index contributed by atoms with van der Waals surface area (Å²) in [6.07, 6.45) is 2.63. The van der Waals surface area contributed by atoms with Crippen molar-refractivity contribution < 1.29 is 9.32 Å². The molecule has 1 unspecified atom stereocenters. The highest BCUT2D eigenvalue weighted by Crippen LogP contribution is 2.38. The zero-order chi connectivity index (χ0) is 22.7. The number of para-hydroxylation sites is 1. The standard InChI is InChI=1S/C24H34N6O2.HI/c1-5-25-23(26-15-20-27-22(32-28-20)24(2,3)4)30-16-17(18-9-6-7-10-19(18)30)12-14-29-13-8-11-21(29)31;/h6-7,9-10,17H,5,8,11-16H2,1-4H3,(H,25,26);1H. The smallest absolute Gasteiger partial charge is 0.232 e. The van der Waals surface area contributed by atoms with E-state index in [9.17, 15) is 4.79 Å². The maximum Gasteiger partial charge on any atom is 0.232 e. The van der Waals surface area contributed by atoms with Crippen LogP contribution < -0.4 is 10.2 Å². The van der Waals surface area contributed by atoms with Crippen molar-refractivity contribution in [1.29, 1.82) is 0 Å². The Labute approximate surface area is 213 Å². The first-order chi connectivity index (χ1) is 15.4. The lowest BCUT2D eigenvalue weighted by Gasteiger charge is -2.23. The molecule has 4 rings (SSSR count). The van der Waals surface area contributed by atoms with E-state index in [1.807, 2.05) is 4.90 Å². The Hall–Kier alpha value is -2.17. The molecular formula is C24H35IN6O2. The molecule has 1 saturated heterocycles. The second-order valence-electron chi connectivity index (χ2n) is 9.58. The van der Waals surface area contributed by atoms with Crippen molar-refractivity contribution >= 4 is 41.5 Å². The first-order valence-electron chi connectivity index (χ1n) is 11.6. The summed E-state index contributed by atoms with van der Waals surface area (Å²) in [7, 11) is 0. The Morgan fingerprint density at radius 3 is 2.76 bits per heavy atom. The summed E-state index contributed by atoms with van der Waals surface area (Å²) in [6.45, 7) is 11.9. The summed E-state index contributed by atoms with van der Waals surface area (Å²) in [6, 6.07) is 8.50. The van der Waals surface area contributed by atoms with E-state index in [0.717, 1.165) is 45.0 Å². The van der Waals surface area contributed by atoms with Crippen molar-refractivity contribution in [3.05, 3.63) is 41.5 Å². The lowest BCUT2D eigenvalue weighted by molar-refractivity contribution is -0.127. The molecule has 0 radical (unpaired) electrons. The Kier molecular flexibility index (Phi) is 8.36. The van der Waals surface area contributed by atoms with Crippen molar-refractivity contribution in [3.8, 4) is 0 Å². The molecule has 1 atom stereocenters. The number of likely N-dealkylation sites (tertiary alicyclic amines) is 1. The Balaban J connectivity index is 0.00000306. The minimum atomic E-state index is -0.183. The molecule has 0 aliphatic carbocycles. The highest BCUT2D eigenvalue weighted by molar-refractivity contribution is 14.0. The van der Waals surface area contributed by atoms with Gasteiger partial charge in [0.25, 0.3) is 0 Å². The van der Waals surface area contributed by atoms with Crippen LogP contribution in [0.15, 0.2) is 33.8 Å². The van der Waals surface area contributed by atoms with Gasteiger partial charge >= 0.3 is 0 Å². The average molecular weight is 566 g/mol. The summed E-state index contributed by atoms with van der Waals surface area (Å²) < 4.78 is 5.41. The van der Waals surface area contributed by atoms with Gasteiger partial charge in [-0.05, 0) is 31.4 Å². The molecule has 9 heteroatoms. The molecule has 180 valence electrons. The van der Waals surface area contributed by atoms with Crippen LogP contribution in [0.3, 0.4) is 0 Å². The van der Waals surface area contributed by atoms with E-state index < -0.39 is 0 Å². The number of guanidine groups is 1. The third-order valence-electron chi connectivity index (χ3n) is 6.06. The third kappa shape index (κ3) is 5.85. The van der Waals surface area contributed by atoms with Crippen LogP contribution in [0.25, 0.3) is 0 Å². The van der Waals surface area contributed by atoms with Gasteiger partial charge in [0, 0.05) is 49.6 Å². The van der Waals surface area contributed by atoms with Crippen LogP contribution in [0.4, 0.5) is 5.69 Å². The van der Waals surface area contributed by atoms with Gasteiger partial charge in [-0.25, -0.2) is 4.99 Å². The van der Waals surface area contributed by atoms with Crippen LogP contribution in [0.1, 0.15) is 70.2 Å². The number of aromatic nitrogens is 2. The molecule has 1 N–H and O–H groups in total. The van der Waals surface area contributed by atoms with Gasteiger partial charge in [-0.1, -0.05) is 44.1 Å². The largest absolute Gasteiger partial charge is 0.356 e. The predicted octanol–water partition coefficient (Wildman–Crippen LogP) is 4.07. The minimum Gasteiger partial charge on any atom is -0.356 e. The fraction of sp³-hybridized carbons (Fsp3) is 0.583. The number of fused-ring (bicyclic) bond motifs is 1. The Morgan fingerprint density at radius 2 is 2.09 bits per heavy atom. The highest BCUT2D eigenvalue weighted by Gasteiger charge is 2.32. The number of halogens is 1. The van der Waals surface area contributed by atoms with E-state index in [1.165, 1.54) is 11.3 Å². The summed E-state index contributed by atoms with van der Waals surface area (Å²) in [5, 5.41) is 7.53. The maximum absolute atomic E-state index is 12.0. The fourth-order valence-electron chi connectivity index (χ4n) is 4.36. The number of benzene rings is 1. The van der Waals surface area contributed by atoms with Crippen LogP contribution in [-0.4, -0.2) is 53.1 Å². The number of carbonyl (C=O) groups excluding carboxylic acids is 1. The molecule has 33 heavy (non-hydrogen) atoms. The number of nitrogens with one attached hydrogen (secondary N) is 1. The summed E-state index contributed by atoms with van der Waals surface area (Å²) in [5.41, 5.74) is 2.31. The molecule has 0 spiro atoms. The van der Waals surface area contributed by atoms with Crippen LogP contribution in [0.2, 0.25) is 0 Å². The molecule has 1 amide bonds. The number of carbonyl (C=O) groups is 1.